The molecule has 1 saturated heterocycles. The van der Waals surface area contributed by atoms with Crippen molar-refractivity contribution < 1.29 is 23.1 Å². The van der Waals surface area contributed by atoms with Gasteiger partial charge in [-0.2, -0.15) is 8.78 Å². The Kier molecular flexibility index (Phi) is 5.65. The highest BCUT2D eigenvalue weighted by molar-refractivity contribution is 5.80. The van der Waals surface area contributed by atoms with Gasteiger partial charge in [-0.3, -0.25) is 10.1 Å². The van der Waals surface area contributed by atoms with Crippen molar-refractivity contribution in [1.29, 1.82) is 0 Å². The van der Waals surface area contributed by atoms with E-state index in [9.17, 15) is 18.4 Å². The first-order valence-electron chi connectivity index (χ1n) is 7.58. The monoisotopic (exact) mass is 326 g/mol. The van der Waals surface area contributed by atoms with Crippen molar-refractivity contribution in [1.82, 2.24) is 10.2 Å². The van der Waals surface area contributed by atoms with Crippen LogP contribution < -0.4 is 5.32 Å². The van der Waals surface area contributed by atoms with Crippen molar-refractivity contribution in [3.63, 3.8) is 0 Å². The molecule has 1 N–H and O–H groups in total. The van der Waals surface area contributed by atoms with Crippen LogP contribution in [0.5, 0.6) is 0 Å². The first kappa shape index (κ1) is 17.3. The van der Waals surface area contributed by atoms with Gasteiger partial charge in [0, 0.05) is 13.1 Å². The molecule has 2 rings (SSSR count). The molecular formula is C16H20F2N2O3. The quantitative estimate of drug-likeness (QED) is 0.776. The smallest absolute Gasteiger partial charge is 0.379 e. The number of likely N-dealkylation sites (tertiary alicyclic amines) is 1. The first-order valence-corrected chi connectivity index (χ1v) is 7.58. The molecular weight excluding hydrogens is 306 g/mol. The predicted octanol–water partition coefficient (Wildman–Crippen LogP) is 1.75. The minimum Gasteiger partial charge on any atom is -0.462 e. The molecule has 0 saturated carbocycles. The molecule has 1 aliphatic rings. The van der Waals surface area contributed by atoms with Gasteiger partial charge in [0.1, 0.15) is 6.04 Å². The topological polar surface area (TPSA) is 58.6 Å². The molecule has 0 spiro atoms. The third-order valence-corrected chi connectivity index (χ3v) is 3.71. The Bertz CT molecular complexity index is 548. The molecule has 1 amide bonds. The molecule has 0 radical (unpaired) electrons. The molecule has 7 heteroatoms. The lowest BCUT2D eigenvalue weighted by Crippen LogP contribution is -2.50. The SMILES string of the molecule is CCOC(=O)C(F)(F)[C@@H](NCC(=O)N1CCC1)c1ccccc1. The average Bonchev–Trinajstić information content (AvgIpc) is 2.46. The van der Waals surface area contributed by atoms with Gasteiger partial charge in [-0.25, -0.2) is 4.79 Å². The number of rotatable bonds is 7. The van der Waals surface area contributed by atoms with Gasteiger partial charge in [0.05, 0.1) is 13.2 Å². The van der Waals surface area contributed by atoms with Gasteiger partial charge < -0.3 is 9.64 Å². The zero-order chi connectivity index (χ0) is 16.9. The van der Waals surface area contributed by atoms with Crippen molar-refractivity contribution >= 4 is 11.9 Å². The van der Waals surface area contributed by atoms with E-state index in [0.29, 0.717) is 13.1 Å². The summed E-state index contributed by atoms with van der Waals surface area (Å²) in [4.78, 5) is 25.1. The number of benzene rings is 1. The van der Waals surface area contributed by atoms with E-state index in [1.807, 2.05) is 0 Å². The lowest BCUT2D eigenvalue weighted by atomic mass is 10.0. The number of hydrogen-bond acceptors (Lipinski definition) is 4. The normalized spacial score (nSPS) is 15.7. The zero-order valence-electron chi connectivity index (χ0n) is 12.9. The van der Waals surface area contributed by atoms with Crippen LogP contribution in [0, 0.1) is 0 Å². The van der Waals surface area contributed by atoms with Crippen molar-refractivity contribution in [2.45, 2.75) is 25.3 Å². The number of carbonyl (C=O) groups excluding carboxylic acids is 2. The summed E-state index contributed by atoms with van der Waals surface area (Å²) in [6.07, 6.45) is 0.923. The second kappa shape index (κ2) is 7.50. The van der Waals surface area contributed by atoms with E-state index < -0.39 is 17.9 Å². The summed E-state index contributed by atoms with van der Waals surface area (Å²) in [7, 11) is 0. The van der Waals surface area contributed by atoms with Gasteiger partial charge in [-0.1, -0.05) is 30.3 Å². The number of ether oxygens (including phenoxy) is 1. The predicted molar refractivity (Wildman–Crippen MR) is 80.0 cm³/mol. The number of carbonyl (C=O) groups is 2. The summed E-state index contributed by atoms with van der Waals surface area (Å²) in [6.45, 7) is 2.36. The van der Waals surface area contributed by atoms with Crippen LogP contribution >= 0.6 is 0 Å². The average molecular weight is 326 g/mol. The standard InChI is InChI=1S/C16H20F2N2O3/c1-2-23-15(22)16(17,18)14(12-7-4-3-5-8-12)19-11-13(21)20-9-6-10-20/h3-5,7-8,14,19H,2,6,9-11H2,1H3/t14-/m0/s1. The van der Waals surface area contributed by atoms with Crippen LogP contribution in [0.2, 0.25) is 0 Å². The van der Waals surface area contributed by atoms with Crippen LogP contribution in [0.1, 0.15) is 24.9 Å². The molecule has 0 aliphatic carbocycles. The summed E-state index contributed by atoms with van der Waals surface area (Å²) < 4.78 is 33.4. The Balaban J connectivity index is 2.14. The number of hydrogen-bond donors (Lipinski definition) is 1. The Morgan fingerprint density at radius 2 is 1.96 bits per heavy atom. The van der Waals surface area contributed by atoms with E-state index in [4.69, 9.17) is 0 Å². The fourth-order valence-corrected chi connectivity index (χ4v) is 2.31. The van der Waals surface area contributed by atoms with Crippen molar-refractivity contribution in [2.24, 2.45) is 0 Å². The van der Waals surface area contributed by atoms with E-state index in [2.05, 4.69) is 10.1 Å². The number of alkyl halides is 2. The molecule has 0 unspecified atom stereocenters. The maximum absolute atomic E-state index is 14.4. The second-order valence-corrected chi connectivity index (χ2v) is 5.30. The number of halogens is 2. The Labute approximate surface area is 133 Å². The molecule has 5 nitrogen and oxygen atoms in total. The van der Waals surface area contributed by atoms with E-state index in [1.165, 1.54) is 19.1 Å². The van der Waals surface area contributed by atoms with E-state index >= 15 is 0 Å². The van der Waals surface area contributed by atoms with Crippen LogP contribution in [0.25, 0.3) is 0 Å². The largest absolute Gasteiger partial charge is 0.462 e. The van der Waals surface area contributed by atoms with Crippen LogP contribution in [-0.2, 0) is 14.3 Å². The fraction of sp³-hybridized carbons (Fsp3) is 0.500. The number of esters is 1. The van der Waals surface area contributed by atoms with Crippen molar-refractivity contribution in [3.05, 3.63) is 35.9 Å². The highest BCUT2D eigenvalue weighted by Crippen LogP contribution is 2.32. The molecule has 1 heterocycles. The van der Waals surface area contributed by atoms with Gasteiger partial charge in [-0.15, -0.1) is 0 Å². The highest BCUT2D eigenvalue weighted by atomic mass is 19.3. The van der Waals surface area contributed by atoms with Crippen molar-refractivity contribution in [2.75, 3.05) is 26.2 Å². The van der Waals surface area contributed by atoms with Gasteiger partial charge >= 0.3 is 11.9 Å². The fourth-order valence-electron chi connectivity index (χ4n) is 2.31. The van der Waals surface area contributed by atoms with Crippen LogP contribution in [-0.4, -0.2) is 48.9 Å². The minimum absolute atomic E-state index is 0.136. The molecule has 0 aromatic heterocycles. The maximum atomic E-state index is 14.4. The lowest BCUT2D eigenvalue weighted by molar-refractivity contribution is -0.176. The third kappa shape index (κ3) is 4.04. The minimum atomic E-state index is -3.77. The lowest BCUT2D eigenvalue weighted by Gasteiger charge is -2.32. The Morgan fingerprint density at radius 3 is 2.48 bits per heavy atom. The van der Waals surface area contributed by atoms with E-state index in [0.717, 1.165) is 6.42 Å². The number of nitrogens with one attached hydrogen (secondary N) is 1. The molecule has 1 aromatic carbocycles. The van der Waals surface area contributed by atoms with Gasteiger partial charge in [0.15, 0.2) is 0 Å². The van der Waals surface area contributed by atoms with Crippen LogP contribution in [0.3, 0.4) is 0 Å². The van der Waals surface area contributed by atoms with Gasteiger partial charge in [0.25, 0.3) is 0 Å². The van der Waals surface area contributed by atoms with Crippen LogP contribution in [0.15, 0.2) is 30.3 Å². The second-order valence-electron chi connectivity index (χ2n) is 5.30. The number of amides is 1. The third-order valence-electron chi connectivity index (χ3n) is 3.71. The maximum Gasteiger partial charge on any atom is 0.379 e. The molecule has 1 aliphatic heterocycles. The number of nitrogens with zero attached hydrogens (tertiary/aromatic N) is 1. The molecule has 1 aromatic rings. The Morgan fingerprint density at radius 1 is 1.30 bits per heavy atom. The van der Waals surface area contributed by atoms with E-state index in [-0.39, 0.29) is 24.6 Å². The summed E-state index contributed by atoms with van der Waals surface area (Å²) in [5.74, 6) is -5.62. The molecule has 1 fully saturated rings. The summed E-state index contributed by atoms with van der Waals surface area (Å²) in [6, 6.07) is 6.24. The molecule has 126 valence electrons. The first-order chi connectivity index (χ1) is 11.0. The summed E-state index contributed by atoms with van der Waals surface area (Å²) in [5, 5.41) is 2.52. The van der Waals surface area contributed by atoms with Crippen LogP contribution in [0.4, 0.5) is 8.78 Å². The highest BCUT2D eigenvalue weighted by Gasteiger charge is 2.49. The van der Waals surface area contributed by atoms with E-state index in [1.54, 1.807) is 23.1 Å². The summed E-state index contributed by atoms with van der Waals surface area (Å²) in [5.41, 5.74) is 0.224. The molecule has 0 bridgehead atoms. The molecule has 23 heavy (non-hydrogen) atoms. The summed E-state index contributed by atoms with van der Waals surface area (Å²) >= 11 is 0. The zero-order valence-corrected chi connectivity index (χ0v) is 12.9. The molecule has 1 atom stereocenters. The van der Waals surface area contributed by atoms with Crippen molar-refractivity contribution in [3.8, 4) is 0 Å². The Hall–Kier alpha value is -2.02. The van der Waals surface area contributed by atoms with Gasteiger partial charge in [0.2, 0.25) is 5.91 Å². The van der Waals surface area contributed by atoms with Gasteiger partial charge in [-0.05, 0) is 18.9 Å².